The fraction of sp³-hybridized carbons (Fsp3) is 0.364. The molecule has 0 radical (unpaired) electrons. The Morgan fingerprint density at radius 2 is 1.94 bits per heavy atom. The van der Waals surface area contributed by atoms with Crippen LogP contribution in [0.1, 0.15) is 31.2 Å². The molecule has 2 N–H and O–H groups in total. The van der Waals surface area contributed by atoms with E-state index in [0.29, 0.717) is 36.1 Å². The highest BCUT2D eigenvalue weighted by atomic mass is 35.5. The van der Waals surface area contributed by atoms with Gasteiger partial charge in [-0.2, -0.15) is 0 Å². The molecule has 3 rings (SSSR count). The predicted octanol–water partition coefficient (Wildman–Crippen LogP) is 3.66. The molecule has 0 atom stereocenters. The maximum Gasteiger partial charge on any atom is 0.262 e. The van der Waals surface area contributed by atoms with Crippen molar-refractivity contribution in [3.8, 4) is 0 Å². The highest BCUT2D eigenvalue weighted by Crippen LogP contribution is 2.17. The van der Waals surface area contributed by atoms with E-state index in [9.17, 15) is 13.2 Å². The molecular formula is C22H27ClN4O3S. The number of amidine groups is 1. The lowest BCUT2D eigenvalue weighted by Gasteiger charge is -2.17. The average Bonchev–Trinajstić information content (AvgIpc) is 2.96. The lowest BCUT2D eigenvalue weighted by molar-refractivity contribution is -0.117. The molecule has 0 aliphatic carbocycles. The minimum Gasteiger partial charge on any atom is -0.325 e. The van der Waals surface area contributed by atoms with E-state index < -0.39 is 10.0 Å². The predicted molar refractivity (Wildman–Crippen MR) is 124 cm³/mol. The maximum atomic E-state index is 12.7. The Morgan fingerprint density at radius 3 is 2.74 bits per heavy atom. The Labute approximate surface area is 188 Å². The van der Waals surface area contributed by atoms with Crippen LogP contribution in [-0.4, -0.2) is 45.2 Å². The molecule has 1 amide bonds. The van der Waals surface area contributed by atoms with Crippen LogP contribution < -0.4 is 10.0 Å². The number of anilines is 1. The number of carbonyl (C=O) groups excluding carboxylic acids is 1. The van der Waals surface area contributed by atoms with E-state index in [-0.39, 0.29) is 17.3 Å². The van der Waals surface area contributed by atoms with E-state index >= 15 is 0 Å². The Balaban J connectivity index is 1.60. The smallest absolute Gasteiger partial charge is 0.262 e. The SMILES string of the molecule is CN(CC(=O)Nc1cccc(S(=O)(=O)NC2=NCCCCC2)c1)Cc1cccc(Cl)c1. The molecule has 1 heterocycles. The topological polar surface area (TPSA) is 90.9 Å². The summed E-state index contributed by atoms with van der Waals surface area (Å²) in [6.07, 6.45) is 3.55. The minimum absolute atomic E-state index is 0.0875. The number of carbonyl (C=O) groups is 1. The van der Waals surface area contributed by atoms with Crippen molar-refractivity contribution in [3.05, 3.63) is 59.1 Å². The van der Waals surface area contributed by atoms with Crippen molar-refractivity contribution in [2.45, 2.75) is 37.1 Å². The quantitative estimate of drug-likeness (QED) is 0.656. The lowest BCUT2D eigenvalue weighted by Crippen LogP contribution is -2.31. The summed E-state index contributed by atoms with van der Waals surface area (Å²) in [6.45, 7) is 1.35. The van der Waals surface area contributed by atoms with Gasteiger partial charge in [-0.25, -0.2) is 8.42 Å². The molecular weight excluding hydrogens is 436 g/mol. The fourth-order valence-corrected chi connectivity index (χ4v) is 4.71. The highest BCUT2D eigenvalue weighted by Gasteiger charge is 2.18. The normalized spacial score (nSPS) is 14.6. The molecule has 2 aromatic carbocycles. The summed E-state index contributed by atoms with van der Waals surface area (Å²) < 4.78 is 28.1. The van der Waals surface area contributed by atoms with E-state index in [1.807, 2.05) is 30.1 Å². The molecule has 0 fully saturated rings. The second-order valence-corrected chi connectivity index (χ2v) is 9.74. The molecule has 0 bridgehead atoms. The molecule has 1 aliphatic rings. The molecule has 7 nitrogen and oxygen atoms in total. The zero-order chi connectivity index (χ0) is 22.3. The summed E-state index contributed by atoms with van der Waals surface area (Å²) in [6, 6.07) is 13.7. The van der Waals surface area contributed by atoms with Gasteiger partial charge in [-0.1, -0.05) is 36.2 Å². The van der Waals surface area contributed by atoms with Crippen molar-refractivity contribution in [2.75, 3.05) is 25.5 Å². The zero-order valence-corrected chi connectivity index (χ0v) is 19.0. The molecule has 31 heavy (non-hydrogen) atoms. The van der Waals surface area contributed by atoms with Crippen molar-refractivity contribution in [3.63, 3.8) is 0 Å². The molecule has 9 heteroatoms. The Kier molecular flexibility index (Phi) is 8.06. The van der Waals surface area contributed by atoms with E-state index in [4.69, 9.17) is 11.6 Å². The first-order valence-electron chi connectivity index (χ1n) is 10.2. The van der Waals surface area contributed by atoms with Gasteiger partial charge < -0.3 is 5.32 Å². The van der Waals surface area contributed by atoms with Gasteiger partial charge in [-0.05, 0) is 55.8 Å². The second kappa shape index (κ2) is 10.7. The molecule has 0 aromatic heterocycles. The van der Waals surface area contributed by atoms with E-state index in [2.05, 4.69) is 15.0 Å². The largest absolute Gasteiger partial charge is 0.325 e. The number of amides is 1. The number of rotatable bonds is 7. The van der Waals surface area contributed by atoms with Crippen LogP contribution in [0.4, 0.5) is 5.69 Å². The number of nitrogens with one attached hydrogen (secondary N) is 2. The van der Waals surface area contributed by atoms with E-state index in [0.717, 1.165) is 24.8 Å². The first-order valence-corrected chi connectivity index (χ1v) is 12.1. The number of halogens is 1. The highest BCUT2D eigenvalue weighted by molar-refractivity contribution is 7.90. The molecule has 0 spiro atoms. The molecule has 1 aliphatic heterocycles. The zero-order valence-electron chi connectivity index (χ0n) is 17.5. The van der Waals surface area contributed by atoms with Crippen molar-refractivity contribution in [1.82, 2.24) is 9.62 Å². The molecule has 0 saturated heterocycles. The number of sulfonamides is 1. The average molecular weight is 463 g/mol. The summed E-state index contributed by atoms with van der Waals surface area (Å²) in [7, 11) is -1.93. The van der Waals surface area contributed by atoms with Crippen LogP contribution in [-0.2, 0) is 21.4 Å². The number of aliphatic imine (C=N–C) groups is 1. The van der Waals surface area contributed by atoms with Gasteiger partial charge in [0, 0.05) is 30.2 Å². The van der Waals surface area contributed by atoms with Crippen LogP contribution in [0, 0.1) is 0 Å². The molecule has 166 valence electrons. The Bertz CT molecular complexity index is 1060. The number of nitrogens with zero attached hydrogens (tertiary/aromatic N) is 2. The van der Waals surface area contributed by atoms with Crippen LogP contribution in [0.15, 0.2) is 58.4 Å². The second-order valence-electron chi connectivity index (χ2n) is 7.62. The maximum absolute atomic E-state index is 12.7. The van der Waals surface area contributed by atoms with Crippen molar-refractivity contribution in [2.24, 2.45) is 4.99 Å². The third-order valence-corrected chi connectivity index (χ3v) is 6.42. The summed E-state index contributed by atoms with van der Waals surface area (Å²) in [5.41, 5.74) is 1.43. The van der Waals surface area contributed by atoms with Gasteiger partial charge in [-0.15, -0.1) is 0 Å². The number of benzene rings is 2. The van der Waals surface area contributed by atoms with Gasteiger partial charge >= 0.3 is 0 Å². The molecule has 2 aromatic rings. The van der Waals surface area contributed by atoms with Crippen molar-refractivity contribution in [1.29, 1.82) is 0 Å². The van der Waals surface area contributed by atoms with Crippen LogP contribution >= 0.6 is 11.6 Å². The summed E-state index contributed by atoms with van der Waals surface area (Å²) in [5.74, 6) is 0.259. The fourth-order valence-electron chi connectivity index (χ4n) is 3.36. The molecule has 0 saturated carbocycles. The van der Waals surface area contributed by atoms with Crippen LogP contribution in [0.5, 0.6) is 0 Å². The monoisotopic (exact) mass is 462 g/mol. The number of likely N-dealkylation sites (N-methyl/N-ethyl adjacent to an activating group) is 1. The minimum atomic E-state index is -3.76. The summed E-state index contributed by atoms with van der Waals surface area (Å²) >= 11 is 6.00. The van der Waals surface area contributed by atoms with Gasteiger partial charge in [0.1, 0.15) is 5.84 Å². The number of hydrogen-bond acceptors (Lipinski definition) is 5. The number of hydrogen-bond donors (Lipinski definition) is 2. The third kappa shape index (κ3) is 7.34. The Morgan fingerprint density at radius 1 is 1.13 bits per heavy atom. The third-order valence-electron chi connectivity index (χ3n) is 4.81. The van der Waals surface area contributed by atoms with Gasteiger partial charge in [0.15, 0.2) is 0 Å². The van der Waals surface area contributed by atoms with E-state index in [1.165, 1.54) is 12.1 Å². The van der Waals surface area contributed by atoms with E-state index in [1.54, 1.807) is 18.2 Å². The van der Waals surface area contributed by atoms with Gasteiger partial charge in [0.05, 0.1) is 11.4 Å². The van der Waals surface area contributed by atoms with Gasteiger partial charge in [0.2, 0.25) is 5.91 Å². The van der Waals surface area contributed by atoms with Crippen LogP contribution in [0.2, 0.25) is 5.02 Å². The van der Waals surface area contributed by atoms with Crippen molar-refractivity contribution >= 4 is 39.1 Å². The first-order chi connectivity index (χ1) is 14.8. The Hall–Kier alpha value is -2.42. The first kappa shape index (κ1) is 23.2. The van der Waals surface area contributed by atoms with Gasteiger partial charge in [-0.3, -0.25) is 19.4 Å². The van der Waals surface area contributed by atoms with Crippen molar-refractivity contribution < 1.29 is 13.2 Å². The standard InChI is InChI=1S/C22H27ClN4O3S/c1-27(15-17-7-5-8-18(23)13-17)16-22(28)25-19-9-6-10-20(14-19)31(29,30)26-21-11-3-2-4-12-24-21/h5-10,13-14H,2-4,11-12,15-16H2,1H3,(H,24,26)(H,25,28). The molecule has 0 unspecified atom stereocenters. The summed E-state index contributed by atoms with van der Waals surface area (Å²) in [5, 5.41) is 3.42. The summed E-state index contributed by atoms with van der Waals surface area (Å²) in [4.78, 5) is 18.7. The van der Waals surface area contributed by atoms with Crippen LogP contribution in [0.3, 0.4) is 0 Å². The van der Waals surface area contributed by atoms with Crippen LogP contribution in [0.25, 0.3) is 0 Å². The van der Waals surface area contributed by atoms with Gasteiger partial charge in [0.25, 0.3) is 10.0 Å². The lowest BCUT2D eigenvalue weighted by atomic mass is 10.2.